The van der Waals surface area contributed by atoms with Gasteiger partial charge >= 0.3 is 0 Å². The third kappa shape index (κ3) is 8.10. The summed E-state index contributed by atoms with van der Waals surface area (Å²) in [4.78, 5) is 4.80. The molecule has 11 aromatic rings. The van der Waals surface area contributed by atoms with Gasteiger partial charge in [0.05, 0.1) is 27.9 Å². The van der Waals surface area contributed by atoms with E-state index in [4.69, 9.17) is 4.42 Å². The molecule has 2 unspecified atom stereocenters. The van der Waals surface area contributed by atoms with Crippen LogP contribution in [-0.4, -0.2) is 0 Å². The Hall–Kier alpha value is -9.06. The first-order valence-corrected chi connectivity index (χ1v) is 28.7. The highest BCUT2D eigenvalue weighted by molar-refractivity contribution is 6.16. The summed E-state index contributed by atoms with van der Waals surface area (Å²) < 4.78 is 40.9. The summed E-state index contributed by atoms with van der Waals surface area (Å²) in [6.07, 6.45) is 7.03. The largest absolute Gasteiger partial charge is 0.456 e. The van der Waals surface area contributed by atoms with Crippen LogP contribution in [0.25, 0.3) is 55.3 Å². The molecule has 14 rings (SSSR count). The van der Waals surface area contributed by atoms with Gasteiger partial charge in [-0.3, -0.25) is 0 Å². The standard InChI is InChI=1S/C77H64F2N2O/c1-47-23-39-68(62(41-47)49-17-11-9-12-18-49)80(55-31-25-51(26-32-55)75(3,4)5)57-35-38-60-66(45-57)77(64-43-53(78)29-36-58(64)59-37-30-54(79)44-65(59)77)67-46-70(73-61-21-15-16-22-71(61)82-74(73)72(60)67)81(56-33-27-52(28-34-56)76(6,7)8)69-40-24-48(2)42-63(69)50-19-13-10-14-20-50/h9-46,60,66H,1-8H3. The number of benzene rings is 10. The number of anilines is 5. The van der Waals surface area contributed by atoms with Crippen molar-refractivity contribution < 1.29 is 13.2 Å². The van der Waals surface area contributed by atoms with Gasteiger partial charge in [-0.05, 0) is 166 Å². The van der Waals surface area contributed by atoms with E-state index in [1.54, 1.807) is 24.3 Å². The van der Waals surface area contributed by atoms with Gasteiger partial charge in [0.2, 0.25) is 0 Å². The minimum atomic E-state index is -1.12. The second-order valence-corrected chi connectivity index (χ2v) is 24.9. The molecule has 1 heterocycles. The van der Waals surface area contributed by atoms with Crippen molar-refractivity contribution in [2.45, 2.75) is 77.6 Å². The second kappa shape index (κ2) is 19.0. The molecule has 1 spiro atoms. The van der Waals surface area contributed by atoms with Crippen LogP contribution in [0.4, 0.5) is 37.2 Å². The number of para-hydroxylation sites is 1. The monoisotopic (exact) mass is 1070 g/mol. The zero-order chi connectivity index (χ0) is 56.4. The molecule has 0 bridgehead atoms. The molecule has 3 nitrogen and oxygen atoms in total. The summed E-state index contributed by atoms with van der Waals surface area (Å²) in [6.45, 7) is 17.8. The Morgan fingerprint density at radius 3 is 1.50 bits per heavy atom. The highest BCUT2D eigenvalue weighted by Gasteiger charge is 2.59. The van der Waals surface area contributed by atoms with Crippen molar-refractivity contribution in [3.05, 3.63) is 292 Å². The Bertz CT molecular complexity index is 4350. The highest BCUT2D eigenvalue weighted by atomic mass is 19.1. The predicted molar refractivity (Wildman–Crippen MR) is 336 cm³/mol. The summed E-state index contributed by atoms with van der Waals surface area (Å²) in [5.74, 6) is -1.40. The van der Waals surface area contributed by atoms with Gasteiger partial charge in [-0.15, -0.1) is 0 Å². The Kier molecular flexibility index (Phi) is 11.9. The molecular formula is C77H64F2N2O. The van der Waals surface area contributed by atoms with Gasteiger partial charge in [0.15, 0.2) is 0 Å². The molecule has 3 aliphatic rings. The maximum atomic E-state index is 16.8. The van der Waals surface area contributed by atoms with Crippen molar-refractivity contribution in [3.63, 3.8) is 0 Å². The molecule has 3 aliphatic carbocycles. The third-order valence-electron chi connectivity index (χ3n) is 17.7. The van der Waals surface area contributed by atoms with Gasteiger partial charge < -0.3 is 14.2 Å². The van der Waals surface area contributed by atoms with Crippen molar-refractivity contribution in [1.29, 1.82) is 0 Å². The second-order valence-electron chi connectivity index (χ2n) is 24.9. The van der Waals surface area contributed by atoms with Crippen LogP contribution < -0.4 is 9.80 Å². The molecule has 0 aliphatic heterocycles. The maximum Gasteiger partial charge on any atom is 0.141 e. The van der Waals surface area contributed by atoms with Crippen molar-refractivity contribution in [3.8, 4) is 33.4 Å². The zero-order valence-electron chi connectivity index (χ0n) is 47.7. The van der Waals surface area contributed by atoms with Crippen molar-refractivity contribution in [1.82, 2.24) is 0 Å². The highest BCUT2D eigenvalue weighted by Crippen LogP contribution is 2.68. The van der Waals surface area contributed by atoms with E-state index < -0.39 is 11.3 Å². The number of allylic oxidation sites excluding steroid dienone is 3. The number of rotatable bonds is 8. The number of hydrogen-bond acceptors (Lipinski definition) is 3. The van der Waals surface area contributed by atoms with Crippen molar-refractivity contribution in [2.75, 3.05) is 9.80 Å². The van der Waals surface area contributed by atoms with E-state index in [9.17, 15) is 0 Å². The van der Waals surface area contributed by atoms with E-state index >= 15 is 8.78 Å². The van der Waals surface area contributed by atoms with E-state index in [1.165, 1.54) is 11.1 Å². The first-order valence-electron chi connectivity index (χ1n) is 28.7. The van der Waals surface area contributed by atoms with Crippen molar-refractivity contribution in [2.24, 2.45) is 5.92 Å². The molecular weight excluding hydrogens is 1010 g/mol. The summed E-state index contributed by atoms with van der Waals surface area (Å²) in [5, 5.41) is 1.95. The van der Waals surface area contributed by atoms with Gasteiger partial charge in [-0.25, -0.2) is 8.78 Å². The van der Waals surface area contributed by atoms with E-state index in [2.05, 4.69) is 253 Å². The fourth-order valence-corrected chi connectivity index (χ4v) is 13.8. The fraction of sp³-hybridized carbons (Fsp3) is 0.169. The van der Waals surface area contributed by atoms with E-state index in [1.807, 2.05) is 18.2 Å². The molecule has 1 aromatic heterocycles. The van der Waals surface area contributed by atoms with Crippen LogP contribution in [0.3, 0.4) is 0 Å². The van der Waals surface area contributed by atoms with Gasteiger partial charge in [0, 0.05) is 51.0 Å². The lowest BCUT2D eigenvalue weighted by Crippen LogP contribution is -2.34. The Morgan fingerprint density at radius 2 is 0.963 bits per heavy atom. The van der Waals surface area contributed by atoms with Gasteiger partial charge in [-0.1, -0.05) is 192 Å². The number of halogens is 2. The van der Waals surface area contributed by atoms with Crippen molar-refractivity contribution >= 4 is 50.4 Å². The molecule has 2 atom stereocenters. The lowest BCUT2D eigenvalue weighted by Gasteiger charge is -2.39. The quantitative estimate of drug-likeness (QED) is 0.151. The lowest BCUT2D eigenvalue weighted by atomic mass is 9.65. The van der Waals surface area contributed by atoms with Gasteiger partial charge in [-0.2, -0.15) is 0 Å². The van der Waals surface area contributed by atoms with Crippen LogP contribution in [0.15, 0.2) is 241 Å². The Labute approximate surface area is 480 Å². The minimum Gasteiger partial charge on any atom is -0.456 e. The summed E-state index contributed by atoms with van der Waals surface area (Å²) in [7, 11) is 0. The molecule has 10 aromatic carbocycles. The summed E-state index contributed by atoms with van der Waals surface area (Å²) >= 11 is 0. The van der Waals surface area contributed by atoms with Crippen LogP contribution in [-0.2, 0) is 16.2 Å². The van der Waals surface area contributed by atoms with Crippen LogP contribution in [0.2, 0.25) is 0 Å². The first-order chi connectivity index (χ1) is 39.6. The Morgan fingerprint density at radius 1 is 0.463 bits per heavy atom. The average molecular weight is 1070 g/mol. The van der Waals surface area contributed by atoms with Gasteiger partial charge in [0.25, 0.3) is 0 Å². The average Bonchev–Trinajstić information content (AvgIpc) is 2.59. The predicted octanol–water partition coefficient (Wildman–Crippen LogP) is 21.2. The molecule has 0 saturated heterocycles. The summed E-state index contributed by atoms with van der Waals surface area (Å²) in [5.41, 5.74) is 20.5. The zero-order valence-corrected chi connectivity index (χ0v) is 47.7. The Balaban J connectivity index is 1.10. The van der Waals surface area contributed by atoms with Crippen LogP contribution in [0.5, 0.6) is 0 Å². The number of hydrogen-bond donors (Lipinski definition) is 0. The summed E-state index contributed by atoms with van der Waals surface area (Å²) in [6, 6.07) is 73.6. The molecule has 0 amide bonds. The molecule has 0 radical (unpaired) electrons. The number of fused-ring (bicyclic) bond motifs is 14. The topological polar surface area (TPSA) is 19.6 Å². The normalized spacial score (nSPS) is 15.8. The SMILES string of the molecule is Cc1ccc(N(C2=CC3C(C=C2)c2c(cc(N(c4ccc(C(C)(C)C)cc4)c4ccc(C)cc4-c4ccccc4)c4c2oc2ccccc24)C32c3cc(F)ccc3-c3ccc(F)cc32)c2ccc(C(C)(C)C)cc2)c(-c2ccccc2)c1. The van der Waals surface area contributed by atoms with Gasteiger partial charge in [0.1, 0.15) is 22.8 Å². The van der Waals surface area contributed by atoms with E-state index in [0.717, 1.165) is 123 Å². The number of nitrogens with zero attached hydrogens (tertiary/aromatic N) is 2. The molecule has 402 valence electrons. The molecule has 0 N–H and O–H groups in total. The van der Waals surface area contributed by atoms with Crippen LogP contribution in [0, 0.1) is 31.4 Å². The maximum absolute atomic E-state index is 16.8. The third-order valence-corrected chi connectivity index (χ3v) is 17.7. The van der Waals surface area contributed by atoms with Crippen LogP contribution in [0.1, 0.15) is 92.0 Å². The van der Waals surface area contributed by atoms with Crippen LogP contribution >= 0.6 is 0 Å². The lowest BCUT2D eigenvalue weighted by molar-refractivity contribution is 0.457. The molecule has 0 saturated carbocycles. The first kappa shape index (κ1) is 51.1. The smallest absolute Gasteiger partial charge is 0.141 e. The van der Waals surface area contributed by atoms with E-state index in [0.29, 0.717) is 0 Å². The molecule has 5 heteroatoms. The molecule has 0 fully saturated rings. The molecule has 82 heavy (non-hydrogen) atoms. The van der Waals surface area contributed by atoms with E-state index in [-0.39, 0.29) is 28.4 Å². The fourth-order valence-electron chi connectivity index (χ4n) is 13.8. The number of furan rings is 1. The number of aryl methyl sites for hydroxylation is 2. The minimum absolute atomic E-state index is 0.0652.